The van der Waals surface area contributed by atoms with Crippen molar-refractivity contribution in [2.45, 2.75) is 38.1 Å². The highest BCUT2D eigenvalue weighted by Gasteiger charge is 2.65. The third-order valence-corrected chi connectivity index (χ3v) is 6.19. The van der Waals surface area contributed by atoms with Gasteiger partial charge in [-0.3, -0.25) is 0 Å². The molecule has 21 heavy (non-hydrogen) atoms. The molecular weight excluding hydrogens is 286 g/mol. The van der Waals surface area contributed by atoms with E-state index in [1.807, 2.05) is 0 Å². The summed E-state index contributed by atoms with van der Waals surface area (Å²) in [7, 11) is 0. The van der Waals surface area contributed by atoms with E-state index in [1.165, 1.54) is 32.1 Å². The number of hydrogen-bond donors (Lipinski definition) is 1. The first kappa shape index (κ1) is 12.4. The van der Waals surface area contributed by atoms with Gasteiger partial charge in [-0.1, -0.05) is 0 Å². The van der Waals surface area contributed by atoms with Crippen LogP contribution >= 0.6 is 11.6 Å². The number of rotatable bonds is 3. The van der Waals surface area contributed by atoms with Crippen molar-refractivity contribution in [1.29, 1.82) is 0 Å². The molecule has 4 aliphatic rings. The van der Waals surface area contributed by atoms with Gasteiger partial charge >= 0.3 is 0 Å². The van der Waals surface area contributed by atoms with Crippen molar-refractivity contribution in [1.82, 2.24) is 15.0 Å². The van der Waals surface area contributed by atoms with E-state index in [9.17, 15) is 0 Å². The topological polar surface area (TPSA) is 53.9 Å². The van der Waals surface area contributed by atoms with E-state index in [0.717, 1.165) is 42.7 Å². The minimum absolute atomic E-state index is 0.309. The predicted molar refractivity (Wildman–Crippen MR) is 81.5 cm³/mol. The molecule has 1 aromatic rings. The molecule has 4 atom stereocenters. The van der Waals surface area contributed by atoms with Crippen LogP contribution in [0.1, 0.15) is 32.1 Å². The Bertz CT molecular complexity index is 557. The van der Waals surface area contributed by atoms with Gasteiger partial charge in [0, 0.05) is 19.1 Å². The molecule has 2 heterocycles. The van der Waals surface area contributed by atoms with Crippen LogP contribution in [0.3, 0.4) is 0 Å². The van der Waals surface area contributed by atoms with Crippen LogP contribution in [0, 0.1) is 23.7 Å². The van der Waals surface area contributed by atoms with Crippen molar-refractivity contribution >= 4 is 23.5 Å². The van der Waals surface area contributed by atoms with Gasteiger partial charge in [-0.15, -0.1) is 0 Å². The first-order chi connectivity index (χ1) is 10.3. The van der Waals surface area contributed by atoms with Crippen molar-refractivity contribution in [2.24, 2.45) is 23.7 Å². The van der Waals surface area contributed by atoms with Crippen LogP contribution in [0.5, 0.6) is 0 Å². The van der Waals surface area contributed by atoms with E-state index >= 15 is 0 Å². The molecule has 0 spiro atoms. The first-order valence-corrected chi connectivity index (χ1v) is 8.60. The number of nitrogens with one attached hydrogen (secondary N) is 1. The third-order valence-electron chi connectivity index (χ3n) is 6.02. The Morgan fingerprint density at radius 1 is 1.00 bits per heavy atom. The Morgan fingerprint density at radius 3 is 2.43 bits per heavy atom. The SMILES string of the molecule is Clc1nc(NC2C3C4CCC(C4)C23)nc(N2CCCC2)n1. The fraction of sp³-hybridized carbons (Fsp3) is 0.800. The van der Waals surface area contributed by atoms with Gasteiger partial charge in [0.2, 0.25) is 17.2 Å². The summed E-state index contributed by atoms with van der Waals surface area (Å²) in [6.45, 7) is 2.05. The Labute approximate surface area is 129 Å². The molecule has 112 valence electrons. The summed E-state index contributed by atoms with van der Waals surface area (Å²) >= 11 is 6.09. The molecule has 1 aromatic heterocycles. The third kappa shape index (κ3) is 1.93. The molecule has 4 unspecified atom stereocenters. The predicted octanol–water partition coefficient (Wildman–Crippen LogP) is 2.58. The van der Waals surface area contributed by atoms with Crippen LogP contribution in [0.15, 0.2) is 0 Å². The number of fused-ring (bicyclic) bond motifs is 5. The maximum Gasteiger partial charge on any atom is 0.231 e. The molecule has 2 bridgehead atoms. The normalized spacial score (nSPS) is 39.7. The molecular formula is C15H20ClN5. The van der Waals surface area contributed by atoms with Gasteiger partial charge in [0.05, 0.1) is 0 Å². The monoisotopic (exact) mass is 305 g/mol. The summed E-state index contributed by atoms with van der Waals surface area (Å²) < 4.78 is 0. The lowest BCUT2D eigenvalue weighted by atomic mass is 10.0. The Hall–Kier alpha value is -1.10. The zero-order chi connectivity index (χ0) is 14.0. The van der Waals surface area contributed by atoms with Gasteiger partial charge in [-0.25, -0.2) is 0 Å². The highest BCUT2D eigenvalue weighted by molar-refractivity contribution is 6.28. The van der Waals surface area contributed by atoms with Crippen LogP contribution in [0.25, 0.3) is 0 Å². The smallest absolute Gasteiger partial charge is 0.231 e. The highest BCUT2D eigenvalue weighted by atomic mass is 35.5. The quantitative estimate of drug-likeness (QED) is 0.930. The number of nitrogens with zero attached hydrogens (tertiary/aromatic N) is 4. The molecule has 4 fully saturated rings. The molecule has 1 N–H and O–H groups in total. The molecule has 5 rings (SSSR count). The van der Waals surface area contributed by atoms with E-state index in [2.05, 4.69) is 25.2 Å². The van der Waals surface area contributed by atoms with Gasteiger partial charge in [0.1, 0.15) is 0 Å². The maximum atomic E-state index is 6.09. The zero-order valence-electron chi connectivity index (χ0n) is 12.0. The Kier molecular flexibility index (Phi) is 2.64. The van der Waals surface area contributed by atoms with Gasteiger partial charge in [0.15, 0.2) is 0 Å². The Balaban J connectivity index is 1.35. The number of hydrogen-bond acceptors (Lipinski definition) is 5. The average Bonchev–Trinajstić information content (AvgIpc) is 2.97. The molecule has 5 nitrogen and oxygen atoms in total. The van der Waals surface area contributed by atoms with Crippen molar-refractivity contribution in [3.05, 3.63) is 5.28 Å². The summed E-state index contributed by atoms with van der Waals surface area (Å²) in [6.07, 6.45) is 6.75. The minimum atomic E-state index is 0.309. The van der Waals surface area contributed by atoms with E-state index in [-0.39, 0.29) is 0 Å². The van der Waals surface area contributed by atoms with Crippen molar-refractivity contribution in [3.63, 3.8) is 0 Å². The largest absolute Gasteiger partial charge is 0.351 e. The molecule has 0 aromatic carbocycles. The summed E-state index contributed by atoms with van der Waals surface area (Å²) in [4.78, 5) is 15.4. The van der Waals surface area contributed by atoms with Gasteiger partial charge < -0.3 is 10.2 Å². The van der Waals surface area contributed by atoms with Crippen molar-refractivity contribution in [2.75, 3.05) is 23.3 Å². The van der Waals surface area contributed by atoms with Crippen LogP contribution in [0.2, 0.25) is 5.28 Å². The fourth-order valence-corrected chi connectivity index (χ4v) is 5.29. The molecule has 1 saturated heterocycles. The van der Waals surface area contributed by atoms with Crippen LogP contribution in [0.4, 0.5) is 11.9 Å². The van der Waals surface area contributed by atoms with E-state index in [1.54, 1.807) is 0 Å². The molecule has 3 saturated carbocycles. The first-order valence-electron chi connectivity index (χ1n) is 8.23. The second kappa shape index (κ2) is 4.45. The van der Waals surface area contributed by atoms with Crippen LogP contribution < -0.4 is 10.2 Å². The summed E-state index contributed by atoms with van der Waals surface area (Å²) in [5.41, 5.74) is 0. The van der Waals surface area contributed by atoms with Gasteiger partial charge in [-0.2, -0.15) is 15.0 Å². The minimum Gasteiger partial charge on any atom is -0.351 e. The molecule has 1 aliphatic heterocycles. The van der Waals surface area contributed by atoms with Crippen LogP contribution in [-0.4, -0.2) is 34.1 Å². The number of aromatic nitrogens is 3. The van der Waals surface area contributed by atoms with Crippen LogP contribution in [-0.2, 0) is 0 Å². The summed E-state index contributed by atoms with van der Waals surface area (Å²) in [6, 6.07) is 0.584. The van der Waals surface area contributed by atoms with Crippen molar-refractivity contribution < 1.29 is 0 Å². The lowest BCUT2D eigenvalue weighted by Crippen LogP contribution is -2.22. The second-order valence-corrected chi connectivity index (χ2v) is 7.42. The highest BCUT2D eigenvalue weighted by Crippen LogP contribution is 2.66. The zero-order valence-corrected chi connectivity index (χ0v) is 12.8. The van der Waals surface area contributed by atoms with Gasteiger partial charge in [0.25, 0.3) is 0 Å². The lowest BCUT2D eigenvalue weighted by molar-refractivity contribution is 0.456. The maximum absolute atomic E-state index is 6.09. The Morgan fingerprint density at radius 2 is 1.71 bits per heavy atom. The van der Waals surface area contributed by atoms with E-state index in [4.69, 9.17) is 11.6 Å². The lowest BCUT2D eigenvalue weighted by Gasteiger charge is -2.16. The average molecular weight is 306 g/mol. The molecule has 0 amide bonds. The summed E-state index contributed by atoms with van der Waals surface area (Å²) in [5.74, 6) is 5.06. The molecule has 0 radical (unpaired) electrons. The van der Waals surface area contributed by atoms with E-state index < -0.39 is 0 Å². The number of halogens is 1. The van der Waals surface area contributed by atoms with Gasteiger partial charge in [-0.05, 0) is 67.4 Å². The second-order valence-electron chi connectivity index (χ2n) is 7.08. The summed E-state index contributed by atoms with van der Waals surface area (Å²) in [5, 5.41) is 3.86. The molecule has 6 heteroatoms. The number of anilines is 2. The van der Waals surface area contributed by atoms with E-state index in [0.29, 0.717) is 17.3 Å². The van der Waals surface area contributed by atoms with Crippen molar-refractivity contribution in [3.8, 4) is 0 Å². The fourth-order valence-electron chi connectivity index (χ4n) is 5.13. The standard InChI is InChI=1S/C15H20ClN5/c16-13-18-14(20-15(19-13)21-5-1-2-6-21)17-12-10-8-3-4-9(7-8)11(10)12/h8-12H,1-7H2,(H,17,18,19,20). The molecule has 3 aliphatic carbocycles.